The molecule has 1 unspecified atom stereocenters. The largest absolute Gasteiger partial charge is 0.348 e. The molecule has 1 fully saturated rings. The molecule has 0 aliphatic carbocycles. The third-order valence-electron chi connectivity index (χ3n) is 3.81. The van der Waals surface area contributed by atoms with E-state index in [1.165, 1.54) is 12.8 Å². The lowest BCUT2D eigenvalue weighted by Crippen LogP contribution is -2.46. The molecule has 0 spiro atoms. The fraction of sp³-hybridized carbons (Fsp3) is 0.643. The van der Waals surface area contributed by atoms with Crippen LogP contribution >= 0.6 is 0 Å². The number of aromatic nitrogens is 1. The second kappa shape index (κ2) is 5.67. The van der Waals surface area contributed by atoms with Gasteiger partial charge in [0.05, 0.1) is 12.2 Å². The van der Waals surface area contributed by atoms with Crippen molar-refractivity contribution in [3.05, 3.63) is 24.0 Å². The standard InChI is InChI=1S/C14H23N3O/c1-15(2)12-6-4-9-17(10-12)11-14(18)13-7-5-8-16(13)3/h5,7-8,12H,4,6,9-11H2,1-3H3. The number of rotatable bonds is 4. The smallest absolute Gasteiger partial charge is 0.193 e. The highest BCUT2D eigenvalue weighted by Crippen LogP contribution is 2.14. The highest BCUT2D eigenvalue weighted by atomic mass is 16.1. The van der Waals surface area contributed by atoms with Gasteiger partial charge in [-0.25, -0.2) is 0 Å². The van der Waals surface area contributed by atoms with Crippen molar-refractivity contribution in [2.45, 2.75) is 18.9 Å². The van der Waals surface area contributed by atoms with Crippen molar-refractivity contribution in [2.24, 2.45) is 7.05 Å². The second-order valence-corrected chi connectivity index (χ2v) is 5.42. The SMILES string of the molecule is CN(C)C1CCCN(CC(=O)c2cccn2C)C1. The Hall–Kier alpha value is -1.13. The van der Waals surface area contributed by atoms with Crippen molar-refractivity contribution in [3.8, 4) is 0 Å². The summed E-state index contributed by atoms with van der Waals surface area (Å²) in [5.41, 5.74) is 0.807. The maximum atomic E-state index is 12.2. The molecule has 0 radical (unpaired) electrons. The van der Waals surface area contributed by atoms with Crippen molar-refractivity contribution < 1.29 is 4.79 Å². The lowest BCUT2D eigenvalue weighted by Gasteiger charge is -2.35. The summed E-state index contributed by atoms with van der Waals surface area (Å²) in [6, 6.07) is 4.40. The van der Waals surface area contributed by atoms with E-state index in [2.05, 4.69) is 23.9 Å². The maximum Gasteiger partial charge on any atom is 0.193 e. The van der Waals surface area contributed by atoms with E-state index in [1.54, 1.807) is 0 Å². The third kappa shape index (κ3) is 3.00. The molecule has 1 aromatic heterocycles. The average Bonchev–Trinajstić information content (AvgIpc) is 2.76. The van der Waals surface area contributed by atoms with Crippen molar-refractivity contribution in [1.29, 1.82) is 0 Å². The fourth-order valence-corrected chi connectivity index (χ4v) is 2.63. The summed E-state index contributed by atoms with van der Waals surface area (Å²) < 4.78 is 1.90. The van der Waals surface area contributed by atoms with E-state index in [-0.39, 0.29) is 5.78 Å². The zero-order valence-corrected chi connectivity index (χ0v) is 11.6. The molecule has 0 amide bonds. The summed E-state index contributed by atoms with van der Waals surface area (Å²) in [5, 5.41) is 0. The summed E-state index contributed by atoms with van der Waals surface area (Å²) >= 11 is 0. The maximum absolute atomic E-state index is 12.2. The van der Waals surface area contributed by atoms with E-state index in [1.807, 2.05) is 29.9 Å². The van der Waals surface area contributed by atoms with Gasteiger partial charge in [0.2, 0.25) is 0 Å². The van der Waals surface area contributed by atoms with Gasteiger partial charge in [0.25, 0.3) is 0 Å². The first-order valence-corrected chi connectivity index (χ1v) is 6.61. The number of Topliss-reactive ketones (excluding diaryl/α,β-unsaturated/α-hetero) is 1. The number of hydrogen-bond donors (Lipinski definition) is 0. The molecule has 2 rings (SSSR count). The summed E-state index contributed by atoms with van der Waals surface area (Å²) in [5.74, 6) is 0.224. The van der Waals surface area contributed by atoms with Gasteiger partial charge in [0, 0.05) is 25.8 Å². The third-order valence-corrected chi connectivity index (χ3v) is 3.81. The molecule has 100 valence electrons. The first-order chi connectivity index (χ1) is 8.58. The van der Waals surface area contributed by atoms with Crippen LogP contribution in [0.15, 0.2) is 18.3 Å². The molecule has 18 heavy (non-hydrogen) atoms. The van der Waals surface area contributed by atoms with E-state index in [0.717, 1.165) is 18.8 Å². The number of likely N-dealkylation sites (tertiary alicyclic amines) is 1. The molecule has 1 aromatic rings. The number of likely N-dealkylation sites (N-methyl/N-ethyl adjacent to an activating group) is 1. The number of aryl methyl sites for hydroxylation is 1. The Labute approximate surface area is 109 Å². The summed E-state index contributed by atoms with van der Waals surface area (Å²) in [6.07, 6.45) is 4.34. The number of carbonyl (C=O) groups excluding carboxylic acids is 1. The summed E-state index contributed by atoms with van der Waals surface area (Å²) in [4.78, 5) is 16.7. The molecule has 1 aliphatic heterocycles. The quantitative estimate of drug-likeness (QED) is 0.752. The van der Waals surface area contributed by atoms with Crippen LogP contribution in [0.1, 0.15) is 23.3 Å². The zero-order chi connectivity index (χ0) is 13.1. The van der Waals surface area contributed by atoms with Crippen LogP contribution in [0.5, 0.6) is 0 Å². The number of hydrogen-bond acceptors (Lipinski definition) is 3. The Bertz CT molecular complexity index is 411. The Morgan fingerprint density at radius 2 is 2.28 bits per heavy atom. The molecule has 0 saturated carbocycles. The number of ketones is 1. The second-order valence-electron chi connectivity index (χ2n) is 5.42. The van der Waals surface area contributed by atoms with Crippen LogP contribution in [0.25, 0.3) is 0 Å². The van der Waals surface area contributed by atoms with Gasteiger partial charge in [-0.1, -0.05) is 0 Å². The Morgan fingerprint density at radius 3 is 2.89 bits per heavy atom. The summed E-state index contributed by atoms with van der Waals surface area (Å²) in [7, 11) is 6.16. The van der Waals surface area contributed by atoms with Crippen LogP contribution < -0.4 is 0 Å². The highest BCUT2D eigenvalue weighted by molar-refractivity contribution is 5.96. The molecular weight excluding hydrogens is 226 g/mol. The van der Waals surface area contributed by atoms with Gasteiger partial charge in [0.15, 0.2) is 5.78 Å². The van der Waals surface area contributed by atoms with Crippen molar-refractivity contribution >= 4 is 5.78 Å². The van der Waals surface area contributed by atoms with Gasteiger partial charge in [0.1, 0.15) is 0 Å². The molecule has 2 heterocycles. The molecular formula is C14H23N3O. The lowest BCUT2D eigenvalue weighted by molar-refractivity contribution is 0.0845. The van der Waals surface area contributed by atoms with E-state index < -0.39 is 0 Å². The van der Waals surface area contributed by atoms with Gasteiger partial charge in [-0.05, 0) is 45.6 Å². The monoisotopic (exact) mass is 249 g/mol. The normalized spacial score (nSPS) is 21.4. The molecule has 1 atom stereocenters. The topological polar surface area (TPSA) is 28.5 Å². The minimum atomic E-state index is 0.224. The minimum Gasteiger partial charge on any atom is -0.348 e. The molecule has 0 aromatic carbocycles. The van der Waals surface area contributed by atoms with Crippen LogP contribution in [-0.4, -0.2) is 59.9 Å². The van der Waals surface area contributed by atoms with Gasteiger partial charge in [-0.2, -0.15) is 0 Å². The van der Waals surface area contributed by atoms with Gasteiger partial charge >= 0.3 is 0 Å². The molecule has 1 aliphatic rings. The minimum absolute atomic E-state index is 0.224. The van der Waals surface area contributed by atoms with Gasteiger partial charge < -0.3 is 9.47 Å². The van der Waals surface area contributed by atoms with Gasteiger partial charge in [-0.3, -0.25) is 9.69 Å². The van der Waals surface area contributed by atoms with Crippen LogP contribution in [-0.2, 0) is 7.05 Å². The van der Waals surface area contributed by atoms with E-state index in [4.69, 9.17) is 0 Å². The predicted octanol–water partition coefficient (Wildman–Crippen LogP) is 1.23. The first kappa shape index (κ1) is 13.3. The Balaban J connectivity index is 1.93. The van der Waals surface area contributed by atoms with Crippen LogP contribution in [0.3, 0.4) is 0 Å². The molecule has 4 nitrogen and oxygen atoms in total. The number of nitrogens with zero attached hydrogens (tertiary/aromatic N) is 3. The van der Waals surface area contributed by atoms with E-state index in [9.17, 15) is 4.79 Å². The van der Waals surface area contributed by atoms with E-state index in [0.29, 0.717) is 12.6 Å². The average molecular weight is 249 g/mol. The number of carbonyl (C=O) groups is 1. The van der Waals surface area contributed by atoms with Crippen LogP contribution in [0.2, 0.25) is 0 Å². The molecule has 1 saturated heterocycles. The van der Waals surface area contributed by atoms with Crippen LogP contribution in [0.4, 0.5) is 0 Å². The van der Waals surface area contributed by atoms with Crippen molar-refractivity contribution in [3.63, 3.8) is 0 Å². The predicted molar refractivity (Wildman–Crippen MR) is 72.9 cm³/mol. The van der Waals surface area contributed by atoms with Crippen molar-refractivity contribution in [2.75, 3.05) is 33.7 Å². The van der Waals surface area contributed by atoms with E-state index >= 15 is 0 Å². The summed E-state index contributed by atoms with van der Waals surface area (Å²) in [6.45, 7) is 2.59. The van der Waals surface area contributed by atoms with Gasteiger partial charge in [-0.15, -0.1) is 0 Å². The fourth-order valence-electron chi connectivity index (χ4n) is 2.63. The lowest BCUT2D eigenvalue weighted by atomic mass is 10.0. The zero-order valence-electron chi connectivity index (χ0n) is 11.6. The first-order valence-electron chi connectivity index (χ1n) is 6.61. The Morgan fingerprint density at radius 1 is 1.50 bits per heavy atom. The molecule has 0 bridgehead atoms. The van der Waals surface area contributed by atoms with Crippen molar-refractivity contribution in [1.82, 2.24) is 14.4 Å². The highest BCUT2D eigenvalue weighted by Gasteiger charge is 2.23. The van der Waals surface area contributed by atoms with Crippen LogP contribution in [0, 0.1) is 0 Å². The molecule has 4 heteroatoms. The molecule has 0 N–H and O–H groups in total. The number of piperidine rings is 1. The Kier molecular flexibility index (Phi) is 4.19.